The van der Waals surface area contributed by atoms with Crippen molar-refractivity contribution in [1.82, 2.24) is 29.7 Å². The number of benzene rings is 1. The molecule has 0 spiro atoms. The van der Waals surface area contributed by atoms with Crippen LogP contribution in [-0.2, 0) is 14.8 Å². The minimum absolute atomic E-state index is 0.0702. The van der Waals surface area contributed by atoms with Crippen LogP contribution >= 0.6 is 0 Å². The molecule has 0 amide bonds. The van der Waals surface area contributed by atoms with Gasteiger partial charge >= 0.3 is 0 Å². The molecule has 0 saturated carbocycles. The minimum Gasteiger partial charge on any atom is -0.369 e. The summed E-state index contributed by atoms with van der Waals surface area (Å²) in [7, 11) is -4.02. The van der Waals surface area contributed by atoms with E-state index >= 15 is 0 Å². The van der Waals surface area contributed by atoms with Crippen molar-refractivity contribution in [3.8, 4) is 17.1 Å². The van der Waals surface area contributed by atoms with Gasteiger partial charge < -0.3 is 4.74 Å². The van der Waals surface area contributed by atoms with Crippen molar-refractivity contribution in [2.24, 2.45) is 0 Å². The first-order chi connectivity index (χ1) is 17.6. The number of nitrogens with zero attached hydrogens (tertiary/aromatic N) is 6. The van der Waals surface area contributed by atoms with Crippen LogP contribution in [0.3, 0.4) is 0 Å². The topological polar surface area (TPSA) is 125 Å². The van der Waals surface area contributed by atoms with Crippen LogP contribution in [0.15, 0.2) is 49.1 Å². The van der Waals surface area contributed by atoms with Crippen LogP contribution in [0.4, 0.5) is 5.95 Å². The van der Waals surface area contributed by atoms with E-state index in [4.69, 9.17) is 4.74 Å². The van der Waals surface area contributed by atoms with Crippen LogP contribution in [0.2, 0.25) is 0 Å². The van der Waals surface area contributed by atoms with E-state index in [0.29, 0.717) is 23.8 Å². The smallest absolute Gasteiger partial charge is 0.243 e. The van der Waals surface area contributed by atoms with Gasteiger partial charge in [-0.15, -0.1) is 10.2 Å². The van der Waals surface area contributed by atoms with Crippen molar-refractivity contribution in [3.63, 3.8) is 0 Å². The molecule has 1 N–H and O–H groups in total. The molecule has 3 heterocycles. The molecule has 2 atom stereocenters. The highest BCUT2D eigenvalue weighted by molar-refractivity contribution is 7.93. The Labute approximate surface area is 217 Å². The zero-order valence-corrected chi connectivity index (χ0v) is 22.6. The van der Waals surface area contributed by atoms with Crippen molar-refractivity contribution in [2.75, 3.05) is 11.3 Å². The summed E-state index contributed by atoms with van der Waals surface area (Å²) in [6.07, 6.45) is 5.83. The van der Waals surface area contributed by atoms with Crippen LogP contribution in [0.25, 0.3) is 17.1 Å². The standard InChI is InChI=1S/C26H31N7O3S/c1-7-36-23(24-28-13-17(3)14-29-24)20(6)37(34,35)32-26-31-30-25(21-11-16(2)12-27-15-21)33(26)22-18(4)9-8-10-19(22)5/h8-15,20,23H,7H2,1-6H3,(H,31,32)/t20-,23+/m1/s1. The van der Waals surface area contributed by atoms with Crippen molar-refractivity contribution in [3.05, 3.63) is 77.1 Å². The van der Waals surface area contributed by atoms with Gasteiger partial charge in [0.05, 0.1) is 5.69 Å². The molecule has 4 aromatic rings. The number of ether oxygens (including phenoxy) is 1. The number of pyridine rings is 1. The van der Waals surface area contributed by atoms with Crippen LogP contribution in [0, 0.1) is 27.7 Å². The Bertz CT molecular complexity index is 1480. The fourth-order valence-corrected chi connectivity index (χ4v) is 5.21. The second kappa shape index (κ2) is 10.7. The molecule has 0 fully saturated rings. The molecule has 0 radical (unpaired) electrons. The number of para-hydroxylation sites is 1. The molecule has 3 aromatic heterocycles. The van der Waals surface area contributed by atoms with Gasteiger partial charge in [-0.1, -0.05) is 18.2 Å². The summed E-state index contributed by atoms with van der Waals surface area (Å²) in [5, 5.41) is 7.60. The Kier molecular flexibility index (Phi) is 7.65. The minimum atomic E-state index is -4.02. The third-order valence-electron chi connectivity index (χ3n) is 6.01. The van der Waals surface area contributed by atoms with Crippen LogP contribution in [-0.4, -0.2) is 50.0 Å². The first kappa shape index (κ1) is 26.4. The number of sulfonamides is 1. The summed E-state index contributed by atoms with van der Waals surface area (Å²) in [4.78, 5) is 12.9. The van der Waals surface area contributed by atoms with E-state index in [1.165, 1.54) is 0 Å². The van der Waals surface area contributed by atoms with Gasteiger partial charge in [0.1, 0.15) is 11.4 Å². The Hall–Kier alpha value is -3.70. The Morgan fingerprint density at radius 1 is 0.973 bits per heavy atom. The quantitative estimate of drug-likeness (QED) is 0.346. The summed E-state index contributed by atoms with van der Waals surface area (Å²) in [5.41, 5.74) is 5.20. The largest absolute Gasteiger partial charge is 0.369 e. The maximum absolute atomic E-state index is 13.7. The van der Waals surface area contributed by atoms with Gasteiger partial charge in [-0.25, -0.2) is 18.4 Å². The fourth-order valence-electron chi connectivity index (χ4n) is 4.12. The van der Waals surface area contributed by atoms with Gasteiger partial charge in [-0.2, -0.15) is 0 Å². The predicted molar refractivity (Wildman–Crippen MR) is 142 cm³/mol. The van der Waals surface area contributed by atoms with E-state index in [2.05, 4.69) is 29.9 Å². The normalized spacial score (nSPS) is 13.4. The molecular formula is C26H31N7O3S. The number of rotatable bonds is 9. The van der Waals surface area contributed by atoms with Gasteiger partial charge in [0, 0.05) is 37.0 Å². The summed E-state index contributed by atoms with van der Waals surface area (Å²) >= 11 is 0. The number of aryl methyl sites for hydroxylation is 4. The third kappa shape index (κ3) is 5.52. The van der Waals surface area contributed by atoms with Crippen molar-refractivity contribution in [1.29, 1.82) is 0 Å². The van der Waals surface area contributed by atoms with Crippen LogP contribution in [0.5, 0.6) is 0 Å². The molecule has 10 nitrogen and oxygen atoms in total. The molecule has 0 aliphatic heterocycles. The summed E-state index contributed by atoms with van der Waals surface area (Å²) in [6.45, 7) is 11.4. The average Bonchev–Trinajstić information content (AvgIpc) is 3.25. The Balaban J connectivity index is 1.80. The SMILES string of the molecule is CCO[C@H](c1ncc(C)cn1)[C@@H](C)S(=O)(=O)Nc1nnc(-c2cncc(C)c2)n1-c1c(C)cccc1C. The number of nitrogens with one attached hydrogen (secondary N) is 1. The monoisotopic (exact) mass is 521 g/mol. The first-order valence-corrected chi connectivity index (χ1v) is 13.5. The van der Waals surface area contributed by atoms with Gasteiger partial charge in [-0.3, -0.25) is 14.3 Å². The van der Waals surface area contributed by atoms with Crippen molar-refractivity contribution in [2.45, 2.75) is 52.9 Å². The van der Waals surface area contributed by atoms with Crippen LogP contribution < -0.4 is 4.72 Å². The fraction of sp³-hybridized carbons (Fsp3) is 0.346. The molecule has 4 rings (SSSR count). The van der Waals surface area contributed by atoms with Gasteiger partial charge in [0.25, 0.3) is 0 Å². The highest BCUT2D eigenvalue weighted by Crippen LogP contribution is 2.31. The van der Waals surface area contributed by atoms with Crippen LogP contribution in [0.1, 0.15) is 48.0 Å². The van der Waals surface area contributed by atoms with E-state index in [1.807, 2.05) is 52.0 Å². The number of hydrogen-bond donors (Lipinski definition) is 1. The summed E-state index contributed by atoms with van der Waals surface area (Å²) in [5.74, 6) is 0.844. The second-order valence-electron chi connectivity index (χ2n) is 9.02. The van der Waals surface area contributed by atoms with Crippen molar-refractivity contribution >= 4 is 16.0 Å². The van der Waals surface area contributed by atoms with Gasteiger partial charge in [0.2, 0.25) is 16.0 Å². The maximum atomic E-state index is 13.7. The van der Waals surface area contributed by atoms with Gasteiger partial charge in [-0.05, 0) is 69.9 Å². The molecule has 0 aliphatic carbocycles. The third-order valence-corrected chi connectivity index (χ3v) is 7.70. The van der Waals surface area contributed by atoms with E-state index in [9.17, 15) is 8.42 Å². The number of anilines is 1. The molecule has 0 unspecified atom stereocenters. The molecule has 0 saturated heterocycles. The first-order valence-electron chi connectivity index (χ1n) is 12.0. The molecule has 0 bridgehead atoms. The highest BCUT2D eigenvalue weighted by atomic mass is 32.2. The predicted octanol–water partition coefficient (Wildman–Crippen LogP) is 4.26. The average molecular weight is 522 g/mol. The Morgan fingerprint density at radius 3 is 2.27 bits per heavy atom. The highest BCUT2D eigenvalue weighted by Gasteiger charge is 2.35. The Morgan fingerprint density at radius 2 is 1.65 bits per heavy atom. The van der Waals surface area contributed by atoms with E-state index < -0.39 is 21.4 Å². The molecular weight excluding hydrogens is 490 g/mol. The number of aromatic nitrogens is 6. The lowest BCUT2D eigenvalue weighted by Gasteiger charge is -2.23. The lowest BCUT2D eigenvalue weighted by Crippen LogP contribution is -2.34. The molecule has 0 aliphatic rings. The maximum Gasteiger partial charge on any atom is 0.243 e. The molecule has 11 heteroatoms. The lowest BCUT2D eigenvalue weighted by atomic mass is 10.1. The summed E-state index contributed by atoms with van der Waals surface area (Å²) < 4.78 is 37.5. The molecule has 37 heavy (non-hydrogen) atoms. The molecule has 1 aromatic carbocycles. The van der Waals surface area contributed by atoms with Gasteiger partial charge in [0.15, 0.2) is 11.6 Å². The van der Waals surface area contributed by atoms with E-state index in [1.54, 1.807) is 43.2 Å². The number of hydrogen-bond acceptors (Lipinski definition) is 8. The van der Waals surface area contributed by atoms with E-state index in [-0.39, 0.29) is 5.95 Å². The molecule has 194 valence electrons. The van der Waals surface area contributed by atoms with E-state index in [0.717, 1.165) is 27.9 Å². The lowest BCUT2D eigenvalue weighted by molar-refractivity contribution is 0.0557. The second-order valence-corrected chi connectivity index (χ2v) is 11.1. The van der Waals surface area contributed by atoms with Crippen molar-refractivity contribution < 1.29 is 13.2 Å². The zero-order chi connectivity index (χ0) is 26.7. The zero-order valence-electron chi connectivity index (χ0n) is 21.8. The summed E-state index contributed by atoms with van der Waals surface area (Å²) in [6, 6.07) is 7.80.